The fraction of sp³-hybridized carbons (Fsp3) is 0.111. The van der Waals surface area contributed by atoms with E-state index >= 15 is 0 Å². The van der Waals surface area contributed by atoms with Gasteiger partial charge in [0.1, 0.15) is 0 Å². The van der Waals surface area contributed by atoms with Crippen LogP contribution in [0.2, 0.25) is 10.0 Å². The quantitative estimate of drug-likeness (QED) is 0.220. The van der Waals surface area contributed by atoms with Crippen molar-refractivity contribution in [1.82, 2.24) is 0 Å². The van der Waals surface area contributed by atoms with Gasteiger partial charge in [-0.15, -0.1) is 0 Å². The number of benzene rings is 4. The SMILES string of the molecule is COc1cc(OC)c(Cl)c(CP(Br)(c2ccccc2)(c2ccccc2)c2ccccc2)c1Cl. The summed E-state index contributed by atoms with van der Waals surface area (Å²) in [6.07, 6.45) is 0.537. The van der Waals surface area contributed by atoms with Gasteiger partial charge in [0.2, 0.25) is 0 Å². The molecule has 0 aliphatic carbocycles. The van der Waals surface area contributed by atoms with Crippen molar-refractivity contribution in [2.24, 2.45) is 0 Å². The van der Waals surface area contributed by atoms with Crippen LogP contribution in [-0.4, -0.2) is 14.2 Å². The van der Waals surface area contributed by atoms with Gasteiger partial charge in [0.15, 0.2) is 0 Å². The Morgan fingerprint density at radius 1 is 0.636 bits per heavy atom. The van der Waals surface area contributed by atoms with E-state index in [9.17, 15) is 0 Å². The van der Waals surface area contributed by atoms with Crippen LogP contribution in [0.1, 0.15) is 5.56 Å². The average molecular weight is 562 g/mol. The van der Waals surface area contributed by atoms with Gasteiger partial charge < -0.3 is 0 Å². The van der Waals surface area contributed by atoms with Crippen LogP contribution in [0, 0.1) is 0 Å². The Kier molecular flexibility index (Phi) is 7.07. The third-order valence-electron chi connectivity index (χ3n) is 6.00. The first kappa shape index (κ1) is 24.1. The Bertz CT molecular complexity index is 1120. The predicted molar refractivity (Wildman–Crippen MR) is 147 cm³/mol. The Hall–Kier alpha value is -2.03. The molecule has 0 aliphatic heterocycles. The van der Waals surface area contributed by atoms with Crippen LogP contribution < -0.4 is 25.4 Å². The molecule has 4 rings (SSSR count). The summed E-state index contributed by atoms with van der Waals surface area (Å²) >= 11 is 18.3. The first-order valence-corrected chi connectivity index (χ1v) is 15.6. The molecule has 0 N–H and O–H groups in total. The van der Waals surface area contributed by atoms with Gasteiger partial charge in [-0.3, -0.25) is 0 Å². The third kappa shape index (κ3) is 4.06. The van der Waals surface area contributed by atoms with Gasteiger partial charge in [-0.1, -0.05) is 0 Å². The van der Waals surface area contributed by atoms with Crippen molar-refractivity contribution < 1.29 is 9.47 Å². The van der Waals surface area contributed by atoms with Crippen LogP contribution in [0.4, 0.5) is 0 Å². The van der Waals surface area contributed by atoms with Gasteiger partial charge in [-0.2, -0.15) is 0 Å². The number of halogens is 3. The van der Waals surface area contributed by atoms with Crippen molar-refractivity contribution in [3.8, 4) is 11.5 Å². The number of ether oxygens (including phenoxy) is 2. The first-order valence-electron chi connectivity index (χ1n) is 10.4. The summed E-state index contributed by atoms with van der Waals surface area (Å²) in [6, 6.07) is 33.3. The standard InChI is InChI=1S/C27H24BrCl2O2P/c1-31-24-18-25(32-2)27(30)23(26(24)29)19-33(28,20-12-6-3-7-13-20,21-14-8-4-9-15-21)22-16-10-5-11-17-22/h3-18H,19H2,1-2H3. The van der Waals surface area contributed by atoms with Crippen molar-refractivity contribution in [3.05, 3.63) is 113 Å². The van der Waals surface area contributed by atoms with Crippen LogP contribution in [0.15, 0.2) is 97.1 Å². The minimum atomic E-state index is -3.29. The maximum absolute atomic E-state index is 6.91. The summed E-state index contributed by atoms with van der Waals surface area (Å²) in [4.78, 5) is 0. The van der Waals surface area contributed by atoms with E-state index in [1.165, 1.54) is 15.9 Å². The number of hydrogen-bond acceptors (Lipinski definition) is 2. The summed E-state index contributed by atoms with van der Waals surface area (Å²) in [5.74, 6) is 1.05. The van der Waals surface area contributed by atoms with Gasteiger partial charge in [-0.05, 0) is 0 Å². The molecule has 0 saturated carbocycles. The summed E-state index contributed by atoms with van der Waals surface area (Å²) < 4.78 is 11.2. The van der Waals surface area contributed by atoms with Crippen LogP contribution in [0.25, 0.3) is 0 Å². The van der Waals surface area contributed by atoms with Crippen molar-refractivity contribution in [3.63, 3.8) is 0 Å². The van der Waals surface area contributed by atoms with Crippen molar-refractivity contribution in [2.75, 3.05) is 14.2 Å². The molecule has 0 aliphatic rings. The molecule has 33 heavy (non-hydrogen) atoms. The van der Waals surface area contributed by atoms with Crippen molar-refractivity contribution in [1.29, 1.82) is 0 Å². The molecule has 0 amide bonds. The molecule has 4 aromatic carbocycles. The molecular formula is C27H24BrCl2O2P. The summed E-state index contributed by atoms with van der Waals surface area (Å²) in [6.45, 7) is 0. The number of rotatable bonds is 7. The van der Waals surface area contributed by atoms with Gasteiger partial charge >= 0.3 is 214 Å². The molecule has 0 fully saturated rings. The molecule has 4 aromatic rings. The van der Waals surface area contributed by atoms with Crippen LogP contribution in [0.5, 0.6) is 11.5 Å². The predicted octanol–water partition coefficient (Wildman–Crippen LogP) is 7.35. The molecule has 0 atom stereocenters. The van der Waals surface area contributed by atoms with Gasteiger partial charge in [-0.25, -0.2) is 0 Å². The number of methoxy groups -OCH3 is 2. The van der Waals surface area contributed by atoms with E-state index in [2.05, 4.69) is 88.3 Å². The molecular weight excluding hydrogens is 538 g/mol. The zero-order valence-electron chi connectivity index (χ0n) is 18.3. The molecule has 170 valence electrons. The normalized spacial score (nSPS) is 12.6. The monoisotopic (exact) mass is 560 g/mol. The van der Waals surface area contributed by atoms with E-state index in [1.54, 1.807) is 20.3 Å². The summed E-state index contributed by atoms with van der Waals surface area (Å²) in [7, 11) is 3.19. The molecule has 0 spiro atoms. The second-order valence-electron chi connectivity index (χ2n) is 7.74. The first-order chi connectivity index (χ1) is 15.9. The Labute approximate surface area is 213 Å². The van der Waals surface area contributed by atoms with E-state index in [4.69, 9.17) is 32.7 Å². The summed E-state index contributed by atoms with van der Waals surface area (Å²) in [5.41, 5.74) is 0.778. The fourth-order valence-corrected chi connectivity index (χ4v) is 12.7. The molecule has 0 saturated heterocycles. The Morgan fingerprint density at radius 2 is 0.970 bits per heavy atom. The van der Waals surface area contributed by atoms with E-state index in [0.717, 1.165) is 5.56 Å². The van der Waals surface area contributed by atoms with Crippen LogP contribution in [0.3, 0.4) is 0 Å². The van der Waals surface area contributed by atoms with E-state index in [-0.39, 0.29) is 0 Å². The van der Waals surface area contributed by atoms with Crippen molar-refractivity contribution in [2.45, 2.75) is 6.16 Å². The third-order valence-corrected chi connectivity index (χ3v) is 16.3. The van der Waals surface area contributed by atoms with Crippen LogP contribution >= 0.6 is 44.0 Å². The van der Waals surface area contributed by atoms with Crippen LogP contribution in [-0.2, 0) is 6.16 Å². The molecule has 0 aromatic heterocycles. The van der Waals surface area contributed by atoms with E-state index < -0.39 is 5.31 Å². The average Bonchev–Trinajstić information content (AvgIpc) is 2.88. The van der Waals surface area contributed by atoms with E-state index in [1.807, 2.05) is 18.2 Å². The maximum atomic E-state index is 6.91. The second kappa shape index (κ2) is 9.68. The van der Waals surface area contributed by atoms with Crippen molar-refractivity contribution >= 4 is 59.9 Å². The zero-order chi connectivity index (χ0) is 23.5. The minimum absolute atomic E-state index is 0.486. The second-order valence-corrected chi connectivity index (χ2v) is 17.4. The Morgan fingerprint density at radius 3 is 1.27 bits per heavy atom. The fourth-order valence-electron chi connectivity index (χ4n) is 4.31. The molecule has 6 heteroatoms. The van der Waals surface area contributed by atoms with Gasteiger partial charge in [0, 0.05) is 0 Å². The summed E-state index contributed by atoms with van der Waals surface area (Å²) in [5, 5.41) is 1.21. The Balaban J connectivity index is 2.14. The van der Waals surface area contributed by atoms with E-state index in [0.29, 0.717) is 27.7 Å². The molecule has 2 nitrogen and oxygen atoms in total. The topological polar surface area (TPSA) is 18.5 Å². The van der Waals surface area contributed by atoms with Gasteiger partial charge in [0.05, 0.1) is 0 Å². The molecule has 0 radical (unpaired) electrons. The zero-order valence-corrected chi connectivity index (χ0v) is 22.3. The number of hydrogen-bond donors (Lipinski definition) is 0. The molecule has 0 bridgehead atoms. The van der Waals surface area contributed by atoms with Gasteiger partial charge in [0.25, 0.3) is 0 Å². The molecule has 0 unspecified atom stereocenters. The molecule has 0 heterocycles.